The lowest BCUT2D eigenvalue weighted by molar-refractivity contribution is -0.148. The quantitative estimate of drug-likeness (QED) is 0.0149. The van der Waals surface area contributed by atoms with Gasteiger partial charge in [-0.15, -0.1) is 0 Å². The first-order valence-electron chi connectivity index (χ1n) is 20.4. The highest BCUT2D eigenvalue weighted by Gasteiger charge is 2.30. The van der Waals surface area contributed by atoms with Crippen LogP contribution in [0, 0.1) is 5.92 Å². The second-order valence-electron chi connectivity index (χ2n) is 14.8. The zero-order valence-corrected chi connectivity index (χ0v) is 35.5. The number of nitrogens with two attached hydrogens (primary N) is 3. The number of fused-ring (bicyclic) bond motifs is 1. The van der Waals surface area contributed by atoms with Crippen LogP contribution < -0.4 is 54.4 Å². The highest BCUT2D eigenvalue weighted by atomic mass is 16.4. The van der Waals surface area contributed by atoms with Gasteiger partial charge in [0.25, 0.3) is 0 Å². The van der Waals surface area contributed by atoms with Gasteiger partial charge in [-0.3, -0.25) is 43.3 Å². The van der Waals surface area contributed by atoms with Gasteiger partial charge in [-0.1, -0.05) is 48.5 Å². The summed E-state index contributed by atoms with van der Waals surface area (Å²) in [5.41, 5.74) is 18.6. The maximum absolute atomic E-state index is 13.5. The van der Waals surface area contributed by atoms with Crippen LogP contribution >= 0.6 is 0 Å². The van der Waals surface area contributed by atoms with Crippen LogP contribution in [0.25, 0.3) is 10.9 Å². The van der Waals surface area contributed by atoms with Gasteiger partial charge in [0.15, 0.2) is 5.96 Å². The van der Waals surface area contributed by atoms with Gasteiger partial charge < -0.3 is 74.7 Å². The van der Waals surface area contributed by atoms with Crippen molar-refractivity contribution >= 4 is 70.2 Å². The molecule has 0 bridgehead atoms. The number of guanidine groups is 1. The van der Waals surface area contributed by atoms with E-state index in [0.29, 0.717) is 5.56 Å². The first-order valence-corrected chi connectivity index (χ1v) is 20.4. The number of aliphatic hydroxyl groups is 1. The van der Waals surface area contributed by atoms with Gasteiger partial charge in [-0.25, -0.2) is 4.79 Å². The highest BCUT2D eigenvalue weighted by Crippen LogP contribution is 2.19. The summed E-state index contributed by atoms with van der Waals surface area (Å²) in [4.78, 5) is 120. The SMILES string of the molecule is C[C@H](NC(=O)CNC(=O)[C@H](Cc1c[nH]c2ccccc12)NC(=O)[C@H](CO)NC(=O)[C@@H](N)Cc1ccccc1)C(=O)NCC[C@H](C(=O)O)C(=O)NCC(=O)N[C@@H](CCCN=C(N)N)C(=O)O. The van der Waals surface area contributed by atoms with Gasteiger partial charge >= 0.3 is 11.9 Å². The number of carboxylic acid groups (broad SMARTS) is 2. The lowest BCUT2D eigenvalue weighted by atomic mass is 10.0. The Morgan fingerprint density at radius 1 is 0.677 bits per heavy atom. The number of nitrogens with one attached hydrogen (secondary N) is 8. The van der Waals surface area contributed by atoms with E-state index in [1.807, 2.05) is 0 Å². The smallest absolute Gasteiger partial charge is 0.326 e. The van der Waals surface area contributed by atoms with Crippen LogP contribution in [-0.4, -0.2) is 143 Å². The third-order valence-electron chi connectivity index (χ3n) is 9.73. The van der Waals surface area contributed by atoms with E-state index in [2.05, 4.69) is 47.2 Å². The van der Waals surface area contributed by atoms with Crippen LogP contribution in [0.15, 0.2) is 65.8 Å². The van der Waals surface area contributed by atoms with Crippen molar-refractivity contribution in [1.82, 2.24) is 42.2 Å². The number of H-pyrrole nitrogens is 1. The molecule has 6 atom stereocenters. The van der Waals surface area contributed by atoms with Crippen molar-refractivity contribution in [2.45, 2.75) is 69.2 Å². The fraction of sp³-hybridized carbons (Fsp3) is 0.415. The molecule has 65 heavy (non-hydrogen) atoms. The molecular formula is C41H56N12O12. The van der Waals surface area contributed by atoms with Gasteiger partial charge in [0, 0.05) is 36.6 Å². The van der Waals surface area contributed by atoms with E-state index < -0.39 is 116 Å². The molecule has 3 aromatic rings. The standard InChI is InChI=1S/C41H56N12O12/c1-22(34(57)45-15-13-26(39(62)63)35(58)48-20-33(56)51-29(40(64)65)12-7-14-46-41(43)44)50-32(55)19-49-37(60)30(17-24-18-47-28-11-6-5-10-25(24)28)52-38(61)31(21-54)53-36(59)27(42)16-23-8-3-2-4-9-23/h2-6,8-11,18,22,26-27,29-31,47,54H,7,12-17,19-21,42H2,1H3,(H,45,57)(H,48,58)(H,49,60)(H,50,55)(H,51,56)(H,52,61)(H,53,59)(H,62,63)(H,64,65)(H4,43,44,46)/t22-,26-,27-,29-,30-,31-/m0/s1. The molecule has 352 valence electrons. The Morgan fingerprint density at radius 2 is 1.31 bits per heavy atom. The first kappa shape index (κ1) is 51.7. The van der Waals surface area contributed by atoms with Gasteiger partial charge in [0.05, 0.1) is 25.7 Å². The third-order valence-corrected chi connectivity index (χ3v) is 9.73. The molecule has 0 aliphatic rings. The minimum atomic E-state index is -1.73. The zero-order valence-electron chi connectivity index (χ0n) is 35.5. The van der Waals surface area contributed by atoms with Crippen molar-refractivity contribution in [3.63, 3.8) is 0 Å². The number of aromatic nitrogens is 1. The van der Waals surface area contributed by atoms with E-state index in [0.717, 1.165) is 16.5 Å². The van der Waals surface area contributed by atoms with Crippen LogP contribution in [0.3, 0.4) is 0 Å². The number of amides is 7. The second-order valence-corrected chi connectivity index (χ2v) is 14.8. The van der Waals surface area contributed by atoms with Crippen LogP contribution in [0.2, 0.25) is 0 Å². The molecule has 1 aromatic heterocycles. The summed E-state index contributed by atoms with van der Waals surface area (Å²) in [7, 11) is 0. The fourth-order valence-corrected chi connectivity index (χ4v) is 6.24. The largest absolute Gasteiger partial charge is 0.481 e. The molecule has 0 fully saturated rings. The van der Waals surface area contributed by atoms with Crippen LogP contribution in [0.4, 0.5) is 0 Å². The molecule has 7 amide bonds. The van der Waals surface area contributed by atoms with Crippen LogP contribution in [0.5, 0.6) is 0 Å². The number of aliphatic imine (C=N–C) groups is 1. The summed E-state index contributed by atoms with van der Waals surface area (Å²) in [6.45, 7) is -1.17. The van der Waals surface area contributed by atoms with Gasteiger partial charge in [0.1, 0.15) is 30.1 Å². The van der Waals surface area contributed by atoms with E-state index in [1.54, 1.807) is 60.8 Å². The molecule has 1 heterocycles. The zero-order chi connectivity index (χ0) is 48.1. The average Bonchev–Trinajstić information content (AvgIpc) is 3.68. The molecule has 0 aliphatic carbocycles. The predicted octanol–water partition coefficient (Wildman–Crippen LogP) is -4.19. The third kappa shape index (κ3) is 17.6. The molecule has 3 rings (SSSR count). The molecule has 0 unspecified atom stereocenters. The lowest BCUT2D eigenvalue weighted by Crippen LogP contribution is -2.58. The van der Waals surface area contributed by atoms with Gasteiger partial charge in [-0.2, -0.15) is 0 Å². The van der Waals surface area contributed by atoms with E-state index in [1.165, 1.54) is 6.92 Å². The van der Waals surface area contributed by atoms with Gasteiger partial charge in [0.2, 0.25) is 41.4 Å². The molecule has 0 saturated heterocycles. The van der Waals surface area contributed by atoms with E-state index >= 15 is 0 Å². The molecule has 17 N–H and O–H groups in total. The molecule has 24 nitrogen and oxygen atoms in total. The van der Waals surface area contributed by atoms with Crippen molar-refractivity contribution in [2.75, 3.05) is 32.8 Å². The molecule has 24 heteroatoms. The number of hydrogen-bond acceptors (Lipinski definition) is 12. The Balaban J connectivity index is 1.53. The Labute approximate surface area is 372 Å². The van der Waals surface area contributed by atoms with Crippen molar-refractivity contribution in [2.24, 2.45) is 28.1 Å². The minimum Gasteiger partial charge on any atom is -0.481 e. The molecule has 0 radical (unpaired) electrons. The maximum Gasteiger partial charge on any atom is 0.326 e. The normalized spacial score (nSPS) is 13.6. The van der Waals surface area contributed by atoms with Crippen LogP contribution in [-0.2, 0) is 56.0 Å². The topological polar surface area (TPSA) is 405 Å². The van der Waals surface area contributed by atoms with Crippen molar-refractivity contribution in [3.8, 4) is 0 Å². The number of carboxylic acids is 2. The number of benzene rings is 2. The first-order chi connectivity index (χ1) is 30.9. The fourth-order valence-electron chi connectivity index (χ4n) is 6.24. The van der Waals surface area contributed by atoms with E-state index in [9.17, 15) is 58.5 Å². The number of carbonyl (C=O) groups is 9. The predicted molar refractivity (Wildman–Crippen MR) is 233 cm³/mol. The summed E-state index contributed by atoms with van der Waals surface area (Å²) in [5, 5.41) is 46.2. The number of para-hydroxylation sites is 1. The van der Waals surface area contributed by atoms with Crippen molar-refractivity contribution in [1.29, 1.82) is 0 Å². The second kappa shape index (κ2) is 26.1. The van der Waals surface area contributed by atoms with Crippen LogP contribution in [0.1, 0.15) is 37.3 Å². The van der Waals surface area contributed by atoms with E-state index in [-0.39, 0.29) is 44.7 Å². The maximum atomic E-state index is 13.5. The summed E-state index contributed by atoms with van der Waals surface area (Å²) in [6.07, 6.45) is 1.46. The number of aliphatic hydroxyl groups excluding tert-OH is 1. The Morgan fingerprint density at radius 3 is 1.95 bits per heavy atom. The minimum absolute atomic E-state index is 0.0357. The summed E-state index contributed by atoms with van der Waals surface area (Å²) in [6, 6.07) is 9.65. The molecule has 2 aromatic carbocycles. The Kier molecular flexibility index (Phi) is 20.8. The summed E-state index contributed by atoms with van der Waals surface area (Å²) < 4.78 is 0. The monoisotopic (exact) mass is 908 g/mol. The molecule has 0 spiro atoms. The molecule has 0 aliphatic heterocycles. The number of nitrogens with zero attached hydrogens (tertiary/aromatic N) is 1. The summed E-state index contributed by atoms with van der Waals surface area (Å²) >= 11 is 0. The molecular weight excluding hydrogens is 853 g/mol. The van der Waals surface area contributed by atoms with Crippen molar-refractivity contribution in [3.05, 3.63) is 71.9 Å². The van der Waals surface area contributed by atoms with E-state index in [4.69, 9.17) is 17.2 Å². The number of aliphatic carboxylic acids is 2. The highest BCUT2D eigenvalue weighted by molar-refractivity contribution is 5.99. The van der Waals surface area contributed by atoms with Gasteiger partial charge in [-0.05, 0) is 49.8 Å². The van der Waals surface area contributed by atoms with Crippen molar-refractivity contribution < 1.29 is 58.5 Å². The Bertz CT molecular complexity index is 2180. The number of hydrogen-bond donors (Lipinski definition) is 14. The Hall–Kier alpha value is -7.60. The lowest BCUT2D eigenvalue weighted by Gasteiger charge is -2.23. The summed E-state index contributed by atoms with van der Waals surface area (Å²) in [5.74, 6) is -10.9. The number of rotatable bonds is 27. The number of carbonyl (C=O) groups excluding carboxylic acids is 7. The molecule has 0 saturated carbocycles. The number of aromatic amines is 1. The average molecular weight is 909 g/mol.